The molecular weight excluding hydrogens is 401 g/mol. The largest absolute Gasteiger partial charge is 0.280 e. The first-order valence-electron chi connectivity index (χ1n) is 5.18. The number of amides is 1. The second-order valence-electron chi connectivity index (χ2n) is 3.75. The van der Waals surface area contributed by atoms with Crippen molar-refractivity contribution in [3.05, 3.63) is 37.3 Å². The lowest BCUT2D eigenvalue weighted by Gasteiger charge is -2.11. The van der Waals surface area contributed by atoms with Gasteiger partial charge in [-0.1, -0.05) is 15.9 Å². The molecule has 1 aromatic carbocycles. The van der Waals surface area contributed by atoms with Crippen molar-refractivity contribution in [3.8, 4) is 0 Å². The predicted octanol–water partition coefficient (Wildman–Crippen LogP) is 2.54. The zero-order valence-corrected chi connectivity index (χ0v) is 13.6. The van der Waals surface area contributed by atoms with E-state index in [4.69, 9.17) is 11.6 Å². The molecule has 0 bridgehead atoms. The minimum atomic E-state index is -0.470. The van der Waals surface area contributed by atoms with Crippen LogP contribution in [0.2, 0.25) is 0 Å². The molecule has 0 aliphatic heterocycles. The van der Waals surface area contributed by atoms with Gasteiger partial charge in [0.1, 0.15) is 11.7 Å². The van der Waals surface area contributed by atoms with E-state index in [1.807, 2.05) is 0 Å². The summed E-state index contributed by atoms with van der Waals surface area (Å²) in [5.41, 5.74) is 2.58. The van der Waals surface area contributed by atoms with Crippen molar-refractivity contribution in [2.75, 3.05) is 11.3 Å². The van der Waals surface area contributed by atoms with E-state index < -0.39 is 5.91 Å². The molecule has 0 fully saturated rings. The Hall–Kier alpha value is -0.920. The molecule has 0 spiro atoms. The molecule has 100 valence electrons. The van der Waals surface area contributed by atoms with Crippen LogP contribution in [0.15, 0.2) is 25.9 Å². The highest BCUT2D eigenvalue weighted by atomic mass is 79.9. The molecule has 19 heavy (non-hydrogen) atoms. The number of benzene rings is 1. The highest BCUT2D eigenvalue weighted by molar-refractivity contribution is 9.11. The van der Waals surface area contributed by atoms with Gasteiger partial charge in [0.15, 0.2) is 0 Å². The van der Waals surface area contributed by atoms with Crippen LogP contribution in [0, 0.1) is 6.92 Å². The Morgan fingerprint density at radius 2 is 2.16 bits per heavy atom. The Labute approximate surface area is 130 Å². The van der Waals surface area contributed by atoms with Gasteiger partial charge >= 0.3 is 0 Å². The van der Waals surface area contributed by atoms with Gasteiger partial charge in [0.05, 0.1) is 10.9 Å². The minimum absolute atomic E-state index is 0.230. The molecule has 0 aliphatic carbocycles. The van der Waals surface area contributed by atoms with Crippen molar-refractivity contribution in [1.29, 1.82) is 0 Å². The first kappa shape index (κ1) is 14.5. The quantitative estimate of drug-likeness (QED) is 0.776. The first-order chi connectivity index (χ1) is 8.93. The van der Waals surface area contributed by atoms with E-state index in [0.717, 1.165) is 9.15 Å². The maximum atomic E-state index is 12.3. The Balaban J connectivity index is 2.74. The molecule has 8 heteroatoms. The maximum absolute atomic E-state index is 12.3. The third kappa shape index (κ3) is 2.82. The van der Waals surface area contributed by atoms with Gasteiger partial charge in [-0.3, -0.25) is 15.0 Å². The smallest absolute Gasteiger partial charge is 0.272 e. The van der Waals surface area contributed by atoms with E-state index in [0.29, 0.717) is 21.2 Å². The van der Waals surface area contributed by atoms with Crippen LogP contribution >= 0.6 is 43.5 Å². The highest BCUT2D eigenvalue weighted by Crippen LogP contribution is 2.25. The molecule has 2 rings (SSSR count). The van der Waals surface area contributed by atoms with Gasteiger partial charge in [0.25, 0.3) is 11.5 Å². The van der Waals surface area contributed by atoms with E-state index in [2.05, 4.69) is 42.3 Å². The highest BCUT2D eigenvalue weighted by Gasteiger charge is 2.13. The van der Waals surface area contributed by atoms with E-state index >= 15 is 0 Å². The first-order valence-corrected chi connectivity index (χ1v) is 7.30. The van der Waals surface area contributed by atoms with Crippen LogP contribution < -0.4 is 11.0 Å². The third-order valence-corrected chi connectivity index (χ3v) is 3.72. The zero-order chi connectivity index (χ0) is 14.2. The number of alkyl halides is 1. The summed E-state index contributed by atoms with van der Waals surface area (Å²) in [5, 5.41) is 0.390. The second kappa shape index (κ2) is 5.60. The Morgan fingerprint density at radius 1 is 1.47 bits per heavy atom. The number of hydrogen-bond donors (Lipinski definition) is 1. The SMILES string of the molecule is Cc1nc2c(Br)cc(Br)cc2c(=O)n1NC(=O)CCl. The molecule has 2 aromatic rings. The minimum Gasteiger partial charge on any atom is -0.272 e. The summed E-state index contributed by atoms with van der Waals surface area (Å²) < 4.78 is 2.53. The summed E-state index contributed by atoms with van der Waals surface area (Å²) in [7, 11) is 0. The molecule has 0 saturated carbocycles. The summed E-state index contributed by atoms with van der Waals surface area (Å²) >= 11 is 12.1. The number of carbonyl (C=O) groups is 1. The molecule has 1 amide bonds. The average Bonchev–Trinajstić information content (AvgIpc) is 2.36. The van der Waals surface area contributed by atoms with Crippen molar-refractivity contribution < 1.29 is 4.79 Å². The van der Waals surface area contributed by atoms with Crippen molar-refractivity contribution in [3.63, 3.8) is 0 Å². The summed E-state index contributed by atoms with van der Waals surface area (Å²) in [5.74, 6) is -0.326. The van der Waals surface area contributed by atoms with Crippen LogP contribution in [0.4, 0.5) is 0 Å². The number of halogens is 3. The van der Waals surface area contributed by atoms with Gasteiger partial charge in [0.2, 0.25) is 0 Å². The van der Waals surface area contributed by atoms with Crippen LogP contribution in [0.3, 0.4) is 0 Å². The lowest BCUT2D eigenvalue weighted by Crippen LogP contribution is -2.36. The third-order valence-electron chi connectivity index (χ3n) is 2.42. The number of aromatic nitrogens is 2. The molecule has 0 aliphatic rings. The summed E-state index contributed by atoms with van der Waals surface area (Å²) in [4.78, 5) is 27.9. The van der Waals surface area contributed by atoms with Crippen molar-refractivity contribution in [1.82, 2.24) is 9.66 Å². The lowest BCUT2D eigenvalue weighted by atomic mass is 10.2. The number of carbonyl (C=O) groups excluding carboxylic acids is 1. The van der Waals surface area contributed by atoms with Gasteiger partial charge < -0.3 is 0 Å². The standard InChI is InChI=1S/C11H8Br2ClN3O2/c1-5-15-10-7(2-6(12)3-8(10)13)11(19)17(5)16-9(18)4-14/h2-3H,4H2,1H3,(H,16,18). The number of rotatable bonds is 2. The molecule has 5 nitrogen and oxygen atoms in total. The van der Waals surface area contributed by atoms with Crippen LogP contribution in [0.5, 0.6) is 0 Å². The molecule has 1 N–H and O–H groups in total. The summed E-state index contributed by atoms with van der Waals surface area (Å²) in [6, 6.07) is 3.45. The van der Waals surface area contributed by atoms with Crippen molar-refractivity contribution in [2.45, 2.75) is 6.92 Å². The van der Waals surface area contributed by atoms with Crippen LogP contribution in [0.1, 0.15) is 5.82 Å². The Kier molecular flexibility index (Phi) is 4.27. The fraction of sp³-hybridized carbons (Fsp3) is 0.182. The molecule has 0 saturated heterocycles. The van der Waals surface area contributed by atoms with E-state index in [9.17, 15) is 9.59 Å². The van der Waals surface area contributed by atoms with E-state index in [1.165, 1.54) is 0 Å². The lowest BCUT2D eigenvalue weighted by molar-refractivity contribution is -0.114. The molecule has 1 aromatic heterocycles. The number of hydrogen-bond acceptors (Lipinski definition) is 3. The molecule has 0 unspecified atom stereocenters. The number of nitrogens with one attached hydrogen (secondary N) is 1. The number of aryl methyl sites for hydroxylation is 1. The maximum Gasteiger partial charge on any atom is 0.280 e. The van der Waals surface area contributed by atoms with E-state index in [-0.39, 0.29) is 11.4 Å². The van der Waals surface area contributed by atoms with Crippen LogP contribution in [0.25, 0.3) is 10.9 Å². The topological polar surface area (TPSA) is 64.0 Å². The van der Waals surface area contributed by atoms with Gasteiger partial charge in [-0.05, 0) is 35.0 Å². The summed E-state index contributed by atoms with van der Waals surface area (Å²) in [6.07, 6.45) is 0. The number of fused-ring (bicyclic) bond motifs is 1. The average molecular weight is 409 g/mol. The zero-order valence-electron chi connectivity index (χ0n) is 9.71. The van der Waals surface area contributed by atoms with Gasteiger partial charge in [-0.25, -0.2) is 9.66 Å². The van der Waals surface area contributed by atoms with Crippen LogP contribution in [-0.2, 0) is 4.79 Å². The van der Waals surface area contributed by atoms with Crippen molar-refractivity contribution >= 4 is 60.3 Å². The van der Waals surface area contributed by atoms with Gasteiger partial charge in [0, 0.05) is 8.95 Å². The van der Waals surface area contributed by atoms with Gasteiger partial charge in [-0.15, -0.1) is 11.6 Å². The normalized spacial score (nSPS) is 10.7. The molecule has 0 atom stereocenters. The second-order valence-corrected chi connectivity index (χ2v) is 5.79. The molecule has 0 radical (unpaired) electrons. The van der Waals surface area contributed by atoms with Crippen LogP contribution in [-0.4, -0.2) is 21.4 Å². The Morgan fingerprint density at radius 3 is 2.79 bits per heavy atom. The number of nitrogens with zero attached hydrogens (tertiary/aromatic N) is 2. The fourth-order valence-electron chi connectivity index (χ4n) is 1.61. The monoisotopic (exact) mass is 407 g/mol. The Bertz CT molecular complexity index is 730. The van der Waals surface area contributed by atoms with E-state index in [1.54, 1.807) is 19.1 Å². The fourth-order valence-corrected chi connectivity index (χ4v) is 2.98. The summed E-state index contributed by atoms with van der Waals surface area (Å²) in [6.45, 7) is 1.63. The van der Waals surface area contributed by atoms with Gasteiger partial charge in [-0.2, -0.15) is 0 Å². The molecular formula is C11H8Br2ClN3O2. The predicted molar refractivity (Wildman–Crippen MR) is 81.2 cm³/mol. The van der Waals surface area contributed by atoms with Crippen molar-refractivity contribution in [2.24, 2.45) is 0 Å². The molecule has 1 heterocycles.